The fourth-order valence-corrected chi connectivity index (χ4v) is 5.13. The van der Waals surface area contributed by atoms with Gasteiger partial charge < -0.3 is 9.64 Å². The molecular weight excluding hydrogens is 318 g/mol. The third-order valence-electron chi connectivity index (χ3n) is 5.15. The van der Waals surface area contributed by atoms with Gasteiger partial charge in [0.15, 0.2) is 0 Å². The van der Waals surface area contributed by atoms with E-state index in [2.05, 4.69) is 4.90 Å². The molecule has 2 N–H and O–H groups in total. The third kappa shape index (κ3) is 3.49. The number of hydrogen-bond acceptors (Lipinski definition) is 5. The molecule has 0 spiro atoms. The second kappa shape index (κ2) is 5.60. The van der Waals surface area contributed by atoms with Gasteiger partial charge in [-0.05, 0) is 46.5 Å². The molecule has 3 atom stereocenters. The number of primary sulfonamides is 1. The second-order valence-electron chi connectivity index (χ2n) is 8.05. The Kier molecular flexibility index (Phi) is 4.13. The lowest BCUT2D eigenvalue weighted by Crippen LogP contribution is -2.65. The van der Waals surface area contributed by atoms with Crippen LogP contribution in [0, 0.1) is 0 Å². The Morgan fingerprint density at radius 2 is 1.61 bits per heavy atom. The lowest BCUT2D eigenvalue weighted by atomic mass is 9.96. The molecule has 132 valence electrons. The number of fused-ring (bicyclic) bond motifs is 2. The summed E-state index contributed by atoms with van der Waals surface area (Å²) in [4.78, 5) is 16.2. The molecule has 1 amide bonds. The van der Waals surface area contributed by atoms with Crippen molar-refractivity contribution in [2.45, 2.75) is 75.4 Å². The topological polar surface area (TPSA) is 92.9 Å². The average Bonchev–Trinajstić information content (AvgIpc) is 2.56. The predicted molar refractivity (Wildman–Crippen MR) is 86.4 cm³/mol. The van der Waals surface area contributed by atoms with Crippen molar-refractivity contribution in [3.8, 4) is 0 Å². The number of ether oxygens (including phenoxy) is 1. The van der Waals surface area contributed by atoms with Gasteiger partial charge in [-0.25, -0.2) is 18.4 Å². The van der Waals surface area contributed by atoms with Crippen LogP contribution in [0.5, 0.6) is 0 Å². The van der Waals surface area contributed by atoms with Crippen molar-refractivity contribution in [1.82, 2.24) is 9.80 Å². The Morgan fingerprint density at radius 1 is 1.09 bits per heavy atom. The Balaban J connectivity index is 1.56. The summed E-state index contributed by atoms with van der Waals surface area (Å²) in [6.45, 7) is 6.92. The smallest absolute Gasteiger partial charge is 0.410 e. The number of amides is 1. The highest BCUT2D eigenvalue weighted by Crippen LogP contribution is 2.40. The van der Waals surface area contributed by atoms with Crippen molar-refractivity contribution in [3.05, 3.63) is 0 Å². The van der Waals surface area contributed by atoms with Crippen LogP contribution >= 0.6 is 0 Å². The molecule has 0 aliphatic carbocycles. The number of hydrogen-bond donors (Lipinski definition) is 1. The van der Waals surface area contributed by atoms with Gasteiger partial charge in [-0.2, -0.15) is 0 Å². The molecule has 8 heteroatoms. The highest BCUT2D eigenvalue weighted by Gasteiger charge is 2.50. The minimum absolute atomic E-state index is 0.263. The van der Waals surface area contributed by atoms with Crippen LogP contribution in [0.15, 0.2) is 0 Å². The summed E-state index contributed by atoms with van der Waals surface area (Å²) < 4.78 is 28.6. The van der Waals surface area contributed by atoms with E-state index in [1.165, 1.54) is 0 Å². The molecule has 3 aliphatic rings. The molecule has 3 rings (SSSR count). The zero-order chi connectivity index (χ0) is 17.0. The summed E-state index contributed by atoms with van der Waals surface area (Å²) in [5.41, 5.74) is -0.477. The lowest BCUT2D eigenvalue weighted by molar-refractivity contribution is -0.0339. The summed E-state index contributed by atoms with van der Waals surface area (Å²) in [6.07, 6.45) is 3.04. The molecule has 23 heavy (non-hydrogen) atoms. The van der Waals surface area contributed by atoms with Gasteiger partial charge in [-0.15, -0.1) is 0 Å². The number of likely N-dealkylation sites (tertiary alicyclic amines) is 1. The number of carbonyl (C=O) groups is 1. The Labute approximate surface area is 138 Å². The molecule has 2 bridgehead atoms. The van der Waals surface area contributed by atoms with Gasteiger partial charge in [0.25, 0.3) is 0 Å². The second-order valence-corrected chi connectivity index (χ2v) is 9.90. The van der Waals surface area contributed by atoms with Crippen LogP contribution in [0.4, 0.5) is 4.79 Å². The van der Waals surface area contributed by atoms with Gasteiger partial charge >= 0.3 is 6.09 Å². The summed E-state index contributed by atoms with van der Waals surface area (Å²) in [7, 11) is -3.45. The largest absolute Gasteiger partial charge is 0.444 e. The summed E-state index contributed by atoms with van der Waals surface area (Å²) in [5, 5.41) is 4.93. The van der Waals surface area contributed by atoms with Gasteiger partial charge in [0.05, 0.1) is 5.25 Å². The maximum absolute atomic E-state index is 12.0. The first kappa shape index (κ1) is 17.0. The fraction of sp³-hybridized carbons (Fsp3) is 0.933. The van der Waals surface area contributed by atoms with E-state index in [9.17, 15) is 13.2 Å². The zero-order valence-electron chi connectivity index (χ0n) is 14.1. The van der Waals surface area contributed by atoms with Crippen LogP contribution in [-0.2, 0) is 14.8 Å². The molecule has 2 unspecified atom stereocenters. The first-order chi connectivity index (χ1) is 10.5. The third-order valence-corrected chi connectivity index (χ3v) is 6.46. The molecule has 0 radical (unpaired) electrons. The van der Waals surface area contributed by atoms with Crippen LogP contribution in [0.1, 0.15) is 46.5 Å². The van der Waals surface area contributed by atoms with Crippen LogP contribution in [0.25, 0.3) is 0 Å². The first-order valence-corrected chi connectivity index (χ1v) is 9.92. The van der Waals surface area contributed by atoms with E-state index >= 15 is 0 Å². The normalized spacial score (nSPS) is 32.7. The number of rotatable bonds is 2. The quantitative estimate of drug-likeness (QED) is 0.802. The van der Waals surface area contributed by atoms with Gasteiger partial charge in [0.1, 0.15) is 5.60 Å². The summed E-state index contributed by atoms with van der Waals surface area (Å²) in [6, 6.07) is 0.882. The van der Waals surface area contributed by atoms with Crippen molar-refractivity contribution in [2.24, 2.45) is 5.14 Å². The molecule has 0 aromatic heterocycles. The molecule has 7 nitrogen and oxygen atoms in total. The monoisotopic (exact) mass is 345 g/mol. The Hall–Kier alpha value is -0.860. The van der Waals surface area contributed by atoms with Crippen molar-refractivity contribution in [1.29, 1.82) is 0 Å². The van der Waals surface area contributed by atoms with Crippen molar-refractivity contribution >= 4 is 16.1 Å². The Morgan fingerprint density at radius 3 is 2.04 bits per heavy atom. The highest BCUT2D eigenvalue weighted by molar-refractivity contribution is 7.89. The van der Waals surface area contributed by atoms with E-state index < -0.39 is 20.9 Å². The van der Waals surface area contributed by atoms with Crippen LogP contribution in [0.2, 0.25) is 0 Å². The predicted octanol–water partition coefficient (Wildman–Crippen LogP) is 0.890. The van der Waals surface area contributed by atoms with Crippen LogP contribution in [0.3, 0.4) is 0 Å². The molecule has 3 saturated heterocycles. The number of piperidine rings is 1. The molecule has 3 aliphatic heterocycles. The number of sulfonamides is 1. The summed E-state index contributed by atoms with van der Waals surface area (Å²) in [5.74, 6) is 0. The van der Waals surface area contributed by atoms with E-state index in [0.29, 0.717) is 32.0 Å². The van der Waals surface area contributed by atoms with E-state index in [4.69, 9.17) is 9.88 Å². The summed E-state index contributed by atoms with van der Waals surface area (Å²) >= 11 is 0. The number of nitrogens with zero attached hydrogens (tertiary/aromatic N) is 2. The van der Waals surface area contributed by atoms with Crippen molar-refractivity contribution < 1.29 is 17.9 Å². The standard InChI is InChI=1S/C15H27N3O4S/c1-15(2,3)22-14(19)17-8-12(9-17)18-10-4-5-11(18)7-13(6-10)23(16,20)21/h10-13H,4-9H2,1-3H3,(H2,16,20,21)/t10-,11?,13?/m1/s1. The molecule has 0 aromatic rings. The first-order valence-electron chi connectivity index (χ1n) is 8.31. The molecule has 0 aromatic carbocycles. The van der Waals surface area contributed by atoms with E-state index in [1.807, 2.05) is 20.8 Å². The highest BCUT2D eigenvalue weighted by atomic mass is 32.2. The lowest BCUT2D eigenvalue weighted by Gasteiger charge is -2.50. The van der Waals surface area contributed by atoms with Gasteiger partial charge in [0, 0.05) is 31.2 Å². The van der Waals surface area contributed by atoms with Crippen molar-refractivity contribution in [2.75, 3.05) is 13.1 Å². The zero-order valence-corrected chi connectivity index (χ0v) is 14.9. The molecule has 3 heterocycles. The SMILES string of the molecule is CC(C)(C)OC(=O)N1CC(N2C3CC[C@@H]2CC(S(N)(=O)=O)C3)C1. The number of carbonyl (C=O) groups excluding carboxylic acids is 1. The van der Waals surface area contributed by atoms with Gasteiger partial charge in [-0.3, -0.25) is 4.90 Å². The maximum atomic E-state index is 12.0. The Bertz CT molecular complexity index is 566. The van der Waals surface area contributed by atoms with Crippen molar-refractivity contribution in [3.63, 3.8) is 0 Å². The fourth-order valence-electron chi connectivity index (χ4n) is 4.15. The minimum Gasteiger partial charge on any atom is -0.444 e. The average molecular weight is 345 g/mol. The van der Waals surface area contributed by atoms with Crippen LogP contribution in [-0.4, -0.2) is 66.4 Å². The van der Waals surface area contributed by atoms with E-state index in [-0.39, 0.29) is 18.2 Å². The van der Waals surface area contributed by atoms with E-state index in [0.717, 1.165) is 12.8 Å². The van der Waals surface area contributed by atoms with Gasteiger partial charge in [-0.1, -0.05) is 0 Å². The van der Waals surface area contributed by atoms with Gasteiger partial charge in [0.2, 0.25) is 10.0 Å². The van der Waals surface area contributed by atoms with Crippen LogP contribution < -0.4 is 5.14 Å². The molecule has 3 fully saturated rings. The minimum atomic E-state index is -3.45. The number of nitrogens with two attached hydrogens (primary N) is 1. The maximum Gasteiger partial charge on any atom is 0.410 e. The van der Waals surface area contributed by atoms with E-state index in [1.54, 1.807) is 4.90 Å². The molecule has 0 saturated carbocycles. The molecular formula is C15H27N3O4S.